The second-order valence-corrected chi connectivity index (χ2v) is 5.08. The standard InChI is InChI=1S/C17H22N4O4/c1-5-6-18-15-10-19-12(9-20-15)17(22)21-11-7-13(23-2)16(25-4)14(8-11)24-3/h7-10H,5-6H2,1-4H3,(H,18,20)(H,21,22). The first-order chi connectivity index (χ1) is 12.1. The van der Waals surface area contributed by atoms with Crippen molar-refractivity contribution >= 4 is 17.4 Å². The van der Waals surface area contributed by atoms with Gasteiger partial charge >= 0.3 is 0 Å². The number of hydrogen-bond acceptors (Lipinski definition) is 7. The smallest absolute Gasteiger partial charge is 0.275 e. The molecule has 0 aliphatic rings. The first-order valence-electron chi connectivity index (χ1n) is 7.80. The molecule has 0 fully saturated rings. The molecular formula is C17H22N4O4. The minimum atomic E-state index is -0.385. The number of aromatic nitrogens is 2. The van der Waals surface area contributed by atoms with Crippen LogP contribution in [0.1, 0.15) is 23.8 Å². The number of carbonyl (C=O) groups excluding carboxylic acids is 1. The highest BCUT2D eigenvalue weighted by Gasteiger charge is 2.15. The molecule has 0 atom stereocenters. The Labute approximate surface area is 146 Å². The van der Waals surface area contributed by atoms with Crippen LogP contribution in [-0.4, -0.2) is 43.7 Å². The van der Waals surface area contributed by atoms with Crippen molar-refractivity contribution in [1.82, 2.24) is 9.97 Å². The van der Waals surface area contributed by atoms with Crippen molar-refractivity contribution in [2.45, 2.75) is 13.3 Å². The summed E-state index contributed by atoms with van der Waals surface area (Å²) in [6, 6.07) is 3.29. The topological polar surface area (TPSA) is 94.6 Å². The molecule has 1 aromatic heterocycles. The van der Waals surface area contributed by atoms with Gasteiger partial charge in [0.2, 0.25) is 5.75 Å². The summed E-state index contributed by atoms with van der Waals surface area (Å²) in [6.45, 7) is 2.85. The van der Waals surface area contributed by atoms with E-state index in [-0.39, 0.29) is 11.6 Å². The van der Waals surface area contributed by atoms with Gasteiger partial charge in [-0.2, -0.15) is 0 Å². The van der Waals surface area contributed by atoms with Crippen LogP contribution in [0.2, 0.25) is 0 Å². The minimum absolute atomic E-state index is 0.204. The number of methoxy groups -OCH3 is 3. The van der Waals surface area contributed by atoms with Crippen LogP contribution in [0.25, 0.3) is 0 Å². The van der Waals surface area contributed by atoms with Gasteiger partial charge in [0, 0.05) is 24.4 Å². The molecule has 0 bridgehead atoms. The van der Waals surface area contributed by atoms with Gasteiger partial charge in [-0.05, 0) is 6.42 Å². The molecule has 134 valence electrons. The van der Waals surface area contributed by atoms with Gasteiger partial charge < -0.3 is 24.8 Å². The molecule has 1 heterocycles. The lowest BCUT2D eigenvalue weighted by Crippen LogP contribution is -2.15. The van der Waals surface area contributed by atoms with E-state index >= 15 is 0 Å². The van der Waals surface area contributed by atoms with Crippen LogP contribution in [0.3, 0.4) is 0 Å². The van der Waals surface area contributed by atoms with E-state index in [2.05, 4.69) is 27.5 Å². The monoisotopic (exact) mass is 346 g/mol. The highest BCUT2D eigenvalue weighted by atomic mass is 16.5. The van der Waals surface area contributed by atoms with E-state index in [1.165, 1.54) is 33.7 Å². The summed E-state index contributed by atoms with van der Waals surface area (Å²) in [6.07, 6.45) is 3.93. The van der Waals surface area contributed by atoms with E-state index in [4.69, 9.17) is 14.2 Å². The third-order valence-corrected chi connectivity index (χ3v) is 3.36. The van der Waals surface area contributed by atoms with Crippen LogP contribution >= 0.6 is 0 Å². The van der Waals surface area contributed by atoms with Crippen molar-refractivity contribution in [2.75, 3.05) is 38.5 Å². The number of ether oxygens (including phenoxy) is 3. The van der Waals surface area contributed by atoms with Crippen molar-refractivity contribution in [3.8, 4) is 17.2 Å². The van der Waals surface area contributed by atoms with E-state index in [9.17, 15) is 4.79 Å². The fraction of sp³-hybridized carbons (Fsp3) is 0.353. The maximum atomic E-state index is 12.3. The van der Waals surface area contributed by atoms with Gasteiger partial charge in [0.25, 0.3) is 5.91 Å². The van der Waals surface area contributed by atoms with E-state index < -0.39 is 0 Å². The summed E-state index contributed by atoms with van der Waals surface area (Å²) in [5, 5.41) is 5.84. The number of carbonyl (C=O) groups is 1. The zero-order chi connectivity index (χ0) is 18.2. The molecule has 8 heteroatoms. The predicted octanol–water partition coefficient (Wildman–Crippen LogP) is 2.58. The first-order valence-corrected chi connectivity index (χ1v) is 7.80. The zero-order valence-electron chi connectivity index (χ0n) is 14.8. The lowest BCUT2D eigenvalue weighted by Gasteiger charge is -2.14. The van der Waals surface area contributed by atoms with Crippen LogP contribution in [0.5, 0.6) is 17.2 Å². The summed E-state index contributed by atoms with van der Waals surface area (Å²) in [5.41, 5.74) is 0.699. The van der Waals surface area contributed by atoms with E-state index in [1.807, 2.05) is 0 Å². The van der Waals surface area contributed by atoms with Crippen molar-refractivity contribution in [3.05, 3.63) is 30.2 Å². The summed E-state index contributed by atoms with van der Waals surface area (Å²) in [5.74, 6) is 1.59. The third kappa shape index (κ3) is 4.50. The van der Waals surface area contributed by atoms with Crippen LogP contribution in [0.4, 0.5) is 11.5 Å². The van der Waals surface area contributed by atoms with Gasteiger partial charge in [-0.25, -0.2) is 9.97 Å². The Morgan fingerprint density at radius 3 is 2.20 bits per heavy atom. The van der Waals surface area contributed by atoms with Crippen molar-refractivity contribution in [3.63, 3.8) is 0 Å². The van der Waals surface area contributed by atoms with Gasteiger partial charge in [-0.1, -0.05) is 6.92 Å². The summed E-state index contributed by atoms with van der Waals surface area (Å²) < 4.78 is 15.8. The predicted molar refractivity (Wildman–Crippen MR) is 94.9 cm³/mol. The van der Waals surface area contributed by atoms with Crippen LogP contribution < -0.4 is 24.8 Å². The second-order valence-electron chi connectivity index (χ2n) is 5.08. The molecule has 0 saturated heterocycles. The minimum Gasteiger partial charge on any atom is -0.493 e. The molecule has 2 rings (SSSR count). The fourth-order valence-electron chi connectivity index (χ4n) is 2.14. The molecule has 0 aliphatic carbocycles. The molecule has 2 aromatic rings. The highest BCUT2D eigenvalue weighted by Crippen LogP contribution is 2.39. The number of nitrogens with zero attached hydrogens (tertiary/aromatic N) is 2. The Hall–Kier alpha value is -3.03. The van der Waals surface area contributed by atoms with Crippen molar-refractivity contribution in [1.29, 1.82) is 0 Å². The number of anilines is 2. The lowest BCUT2D eigenvalue weighted by molar-refractivity contribution is 0.102. The fourth-order valence-corrected chi connectivity index (χ4v) is 2.14. The first kappa shape index (κ1) is 18.3. The summed E-state index contributed by atoms with van der Waals surface area (Å²) >= 11 is 0. The third-order valence-electron chi connectivity index (χ3n) is 3.36. The largest absolute Gasteiger partial charge is 0.493 e. The molecule has 8 nitrogen and oxygen atoms in total. The molecule has 2 N–H and O–H groups in total. The zero-order valence-corrected chi connectivity index (χ0v) is 14.8. The molecule has 0 unspecified atom stereocenters. The van der Waals surface area contributed by atoms with Crippen molar-refractivity contribution in [2.24, 2.45) is 0 Å². The van der Waals surface area contributed by atoms with Crippen LogP contribution in [-0.2, 0) is 0 Å². The number of amides is 1. The second kappa shape index (κ2) is 8.72. The number of rotatable bonds is 8. The molecule has 0 spiro atoms. The Kier molecular flexibility index (Phi) is 6.39. The number of benzene rings is 1. The number of hydrogen-bond donors (Lipinski definition) is 2. The average molecular weight is 346 g/mol. The summed E-state index contributed by atoms with van der Waals surface area (Å²) in [7, 11) is 4.54. The van der Waals surface area contributed by atoms with Gasteiger partial charge in [0.1, 0.15) is 11.5 Å². The SMILES string of the molecule is CCCNc1cnc(C(=O)Nc2cc(OC)c(OC)c(OC)c2)cn1. The Morgan fingerprint density at radius 1 is 1.04 bits per heavy atom. The van der Waals surface area contributed by atoms with Crippen LogP contribution in [0, 0.1) is 0 Å². The van der Waals surface area contributed by atoms with Gasteiger partial charge in [0.05, 0.1) is 33.7 Å². The van der Waals surface area contributed by atoms with Crippen LogP contribution in [0.15, 0.2) is 24.5 Å². The highest BCUT2D eigenvalue weighted by molar-refractivity contribution is 6.03. The Bertz CT molecular complexity index is 694. The van der Waals surface area contributed by atoms with Crippen molar-refractivity contribution < 1.29 is 19.0 Å². The van der Waals surface area contributed by atoms with E-state index in [1.54, 1.807) is 12.1 Å². The Morgan fingerprint density at radius 2 is 1.72 bits per heavy atom. The molecular weight excluding hydrogens is 324 g/mol. The van der Waals surface area contributed by atoms with E-state index in [0.29, 0.717) is 28.8 Å². The Balaban J connectivity index is 2.17. The average Bonchev–Trinajstić information content (AvgIpc) is 2.65. The molecule has 0 radical (unpaired) electrons. The quantitative estimate of drug-likeness (QED) is 0.758. The molecule has 25 heavy (non-hydrogen) atoms. The lowest BCUT2D eigenvalue weighted by atomic mass is 10.2. The maximum absolute atomic E-state index is 12.3. The van der Waals surface area contributed by atoms with Gasteiger partial charge in [0.15, 0.2) is 11.5 Å². The molecule has 0 saturated carbocycles. The van der Waals surface area contributed by atoms with Gasteiger partial charge in [-0.15, -0.1) is 0 Å². The number of nitrogens with one attached hydrogen (secondary N) is 2. The maximum Gasteiger partial charge on any atom is 0.275 e. The van der Waals surface area contributed by atoms with E-state index in [0.717, 1.165) is 13.0 Å². The van der Waals surface area contributed by atoms with Gasteiger partial charge in [-0.3, -0.25) is 4.79 Å². The normalized spacial score (nSPS) is 10.1. The summed E-state index contributed by atoms with van der Waals surface area (Å²) in [4.78, 5) is 20.6. The molecule has 1 aromatic carbocycles. The molecule has 0 aliphatic heterocycles. The molecule has 1 amide bonds.